The number of nitrogens with one attached hydrogen (secondary N) is 1. The molecule has 2 unspecified atom stereocenters. The molecule has 1 heterocycles. The van der Waals surface area contributed by atoms with E-state index in [1.165, 1.54) is 166 Å². The van der Waals surface area contributed by atoms with E-state index < -0.39 is 0 Å². The quantitative estimate of drug-likeness (QED) is 0.0909. The number of hydrogen-bond acceptors (Lipinski definition) is 0. The third-order valence-electron chi connectivity index (χ3n) is 8.39. The van der Waals surface area contributed by atoms with E-state index in [9.17, 15) is 0 Å². The Morgan fingerprint density at radius 1 is 0.528 bits per heavy atom. The Hall–Kier alpha value is -0.790. The van der Waals surface area contributed by atoms with Crippen molar-refractivity contribution in [1.82, 2.24) is 4.98 Å². The van der Waals surface area contributed by atoms with E-state index in [1.54, 1.807) is 0 Å². The molecule has 0 aliphatic rings. The Kier molecular flexibility index (Phi) is 22.7. The third kappa shape index (κ3) is 16.9. The van der Waals surface area contributed by atoms with Crippen molar-refractivity contribution >= 4 is 0 Å². The lowest BCUT2D eigenvalue weighted by atomic mass is 9.92. The molecule has 0 amide bonds. The minimum absolute atomic E-state index is 0.621. The van der Waals surface area contributed by atoms with Gasteiger partial charge in [0.25, 0.3) is 5.82 Å². The molecule has 0 saturated heterocycles. The Balaban J connectivity index is 2.42. The van der Waals surface area contributed by atoms with Gasteiger partial charge in [-0.3, -0.25) is 0 Å². The van der Waals surface area contributed by atoms with E-state index in [0.717, 1.165) is 0 Å². The minimum atomic E-state index is 0.621. The lowest BCUT2D eigenvalue weighted by Gasteiger charge is -2.17. The van der Waals surface area contributed by atoms with Crippen molar-refractivity contribution in [2.45, 2.75) is 200 Å². The predicted octanol–water partition coefficient (Wildman–Crippen LogP) is 11.8. The van der Waals surface area contributed by atoms with Gasteiger partial charge >= 0.3 is 0 Å². The first kappa shape index (κ1) is 33.2. The highest BCUT2D eigenvalue weighted by atomic mass is 15.1. The number of H-pyrrole nitrogens is 1. The van der Waals surface area contributed by atoms with Crippen LogP contribution in [0.1, 0.15) is 206 Å². The lowest BCUT2D eigenvalue weighted by Crippen LogP contribution is -2.41. The first-order valence-electron chi connectivity index (χ1n) is 16.8. The SMILES string of the molecule is CCCCCCCCCCCCCC(CCCCCCCCCC)c1[nH]cc[n+]1C(C)CCCCC. The van der Waals surface area contributed by atoms with Crippen LogP contribution in [0.25, 0.3) is 0 Å². The molecule has 0 aliphatic heterocycles. The number of aromatic nitrogens is 2. The summed E-state index contributed by atoms with van der Waals surface area (Å²) in [5.74, 6) is 2.24. The number of rotatable bonds is 27. The molecule has 2 heteroatoms. The summed E-state index contributed by atoms with van der Waals surface area (Å²) in [6.07, 6.45) is 39.8. The number of aromatic amines is 1. The van der Waals surface area contributed by atoms with Crippen LogP contribution >= 0.6 is 0 Å². The Labute approximate surface area is 227 Å². The maximum absolute atomic E-state index is 3.71. The van der Waals surface area contributed by atoms with Crippen LogP contribution in [0.15, 0.2) is 12.4 Å². The van der Waals surface area contributed by atoms with Crippen molar-refractivity contribution < 1.29 is 4.57 Å². The van der Waals surface area contributed by atoms with Gasteiger partial charge in [0.1, 0.15) is 12.4 Å². The van der Waals surface area contributed by atoms with Crippen molar-refractivity contribution in [3.05, 3.63) is 18.2 Å². The maximum atomic E-state index is 3.71. The van der Waals surface area contributed by atoms with Gasteiger partial charge in [0.15, 0.2) is 0 Å². The van der Waals surface area contributed by atoms with Gasteiger partial charge < -0.3 is 0 Å². The summed E-state index contributed by atoms with van der Waals surface area (Å²) in [5, 5.41) is 0. The summed E-state index contributed by atoms with van der Waals surface area (Å²) >= 11 is 0. The highest BCUT2D eigenvalue weighted by molar-refractivity contribution is 4.90. The van der Waals surface area contributed by atoms with Crippen LogP contribution in [-0.2, 0) is 0 Å². The average Bonchev–Trinajstić information content (AvgIpc) is 3.37. The second kappa shape index (κ2) is 24.5. The smallest absolute Gasteiger partial charge is 0.247 e. The zero-order chi connectivity index (χ0) is 26.1. The second-order valence-electron chi connectivity index (χ2n) is 11.9. The molecule has 0 saturated carbocycles. The summed E-state index contributed by atoms with van der Waals surface area (Å²) < 4.78 is 2.60. The molecule has 0 aliphatic carbocycles. The fourth-order valence-corrected chi connectivity index (χ4v) is 5.90. The molecule has 2 atom stereocenters. The van der Waals surface area contributed by atoms with Gasteiger partial charge in [0.2, 0.25) is 0 Å². The van der Waals surface area contributed by atoms with Crippen molar-refractivity contribution in [1.29, 1.82) is 0 Å². The van der Waals surface area contributed by atoms with Crippen LogP contribution in [-0.4, -0.2) is 4.98 Å². The molecule has 36 heavy (non-hydrogen) atoms. The molecule has 1 aromatic heterocycles. The lowest BCUT2D eigenvalue weighted by molar-refractivity contribution is -0.727. The van der Waals surface area contributed by atoms with Crippen LogP contribution in [0, 0.1) is 0 Å². The molecule has 0 bridgehead atoms. The molecule has 0 fully saturated rings. The molecule has 0 aromatic carbocycles. The number of unbranched alkanes of at least 4 members (excludes halogenated alkanes) is 19. The summed E-state index contributed by atoms with van der Waals surface area (Å²) in [6, 6.07) is 0.621. The fourth-order valence-electron chi connectivity index (χ4n) is 5.90. The normalized spacial score (nSPS) is 13.3. The van der Waals surface area contributed by atoms with Crippen LogP contribution in [0.3, 0.4) is 0 Å². The van der Waals surface area contributed by atoms with Gasteiger partial charge in [-0.2, -0.15) is 0 Å². The highest BCUT2D eigenvalue weighted by Gasteiger charge is 2.25. The zero-order valence-corrected chi connectivity index (χ0v) is 25.4. The van der Waals surface area contributed by atoms with Gasteiger partial charge in [0.05, 0.1) is 12.0 Å². The molecule has 212 valence electrons. The summed E-state index contributed by atoms with van der Waals surface area (Å²) in [5.41, 5.74) is 0. The van der Waals surface area contributed by atoms with E-state index in [4.69, 9.17) is 0 Å². The van der Waals surface area contributed by atoms with Crippen LogP contribution < -0.4 is 4.57 Å². The largest absolute Gasteiger partial charge is 0.257 e. The monoisotopic (exact) mass is 504 g/mol. The first-order valence-corrected chi connectivity index (χ1v) is 16.8. The molecule has 2 nitrogen and oxygen atoms in total. The van der Waals surface area contributed by atoms with Crippen molar-refractivity contribution in [2.24, 2.45) is 0 Å². The zero-order valence-electron chi connectivity index (χ0n) is 25.4. The van der Waals surface area contributed by atoms with Crippen molar-refractivity contribution in [3.63, 3.8) is 0 Å². The molecule has 1 aromatic rings. The minimum Gasteiger partial charge on any atom is -0.247 e. The van der Waals surface area contributed by atoms with Crippen LogP contribution in [0.5, 0.6) is 0 Å². The van der Waals surface area contributed by atoms with Crippen molar-refractivity contribution in [3.8, 4) is 0 Å². The predicted molar refractivity (Wildman–Crippen MR) is 161 cm³/mol. The molecule has 0 spiro atoms. The Bertz CT molecular complexity index is 563. The molecular weight excluding hydrogens is 436 g/mol. The van der Waals surface area contributed by atoms with Crippen LogP contribution in [0.2, 0.25) is 0 Å². The Morgan fingerprint density at radius 3 is 1.33 bits per heavy atom. The van der Waals surface area contributed by atoms with E-state index in [-0.39, 0.29) is 0 Å². The van der Waals surface area contributed by atoms with Gasteiger partial charge in [-0.15, -0.1) is 0 Å². The van der Waals surface area contributed by atoms with Crippen LogP contribution in [0.4, 0.5) is 0 Å². The molecule has 1 N–H and O–H groups in total. The second-order valence-corrected chi connectivity index (χ2v) is 11.9. The van der Waals surface area contributed by atoms with E-state index in [2.05, 4.69) is 49.6 Å². The average molecular weight is 504 g/mol. The molecule has 0 radical (unpaired) electrons. The standard InChI is InChI=1S/C34H66N2/c1-5-8-11-13-15-17-18-19-21-23-26-29-33(28-25-22-20-16-14-12-9-6-2)34-35-30-31-36(34)32(4)27-24-10-7-3/h30-33H,5-29H2,1-4H3/p+1. The maximum Gasteiger partial charge on any atom is 0.257 e. The Morgan fingerprint density at radius 2 is 0.889 bits per heavy atom. The highest BCUT2D eigenvalue weighted by Crippen LogP contribution is 2.27. The number of hydrogen-bond donors (Lipinski definition) is 1. The topological polar surface area (TPSA) is 19.7 Å². The fraction of sp³-hybridized carbons (Fsp3) is 0.912. The van der Waals surface area contributed by atoms with Crippen molar-refractivity contribution in [2.75, 3.05) is 0 Å². The summed E-state index contributed by atoms with van der Waals surface area (Å²) in [4.78, 5) is 3.71. The molecular formula is C34H67N2+. The summed E-state index contributed by atoms with van der Waals surface area (Å²) in [6.45, 7) is 9.37. The van der Waals surface area contributed by atoms with E-state index >= 15 is 0 Å². The van der Waals surface area contributed by atoms with Gasteiger partial charge in [-0.25, -0.2) is 9.55 Å². The number of nitrogens with zero attached hydrogens (tertiary/aromatic N) is 1. The van der Waals surface area contributed by atoms with E-state index in [0.29, 0.717) is 12.0 Å². The summed E-state index contributed by atoms with van der Waals surface area (Å²) in [7, 11) is 0. The molecule has 1 rings (SSSR count). The first-order chi connectivity index (χ1) is 17.7. The van der Waals surface area contributed by atoms with E-state index in [1.807, 2.05) is 0 Å². The van der Waals surface area contributed by atoms with Gasteiger partial charge in [0, 0.05) is 0 Å². The van der Waals surface area contributed by atoms with Gasteiger partial charge in [-0.1, -0.05) is 156 Å². The third-order valence-corrected chi connectivity index (χ3v) is 8.39. The van der Waals surface area contributed by atoms with Gasteiger partial charge in [-0.05, 0) is 32.6 Å². The number of imidazole rings is 1.